The molecule has 3 aliphatic rings. The summed E-state index contributed by atoms with van der Waals surface area (Å²) in [6.45, 7) is 4.49. The van der Waals surface area contributed by atoms with E-state index in [1.165, 1.54) is 6.26 Å². The highest BCUT2D eigenvalue weighted by atomic mass is 16.3. The zero-order valence-corrected chi connectivity index (χ0v) is 13.1. The van der Waals surface area contributed by atoms with E-state index in [9.17, 15) is 4.79 Å². The Bertz CT molecular complexity index is 794. The second-order valence-corrected chi connectivity index (χ2v) is 6.59. The van der Waals surface area contributed by atoms with E-state index in [4.69, 9.17) is 9.68 Å². The van der Waals surface area contributed by atoms with E-state index < -0.39 is 0 Å². The molecule has 1 aromatic heterocycles. The molecule has 118 valence electrons. The van der Waals surface area contributed by atoms with Crippen LogP contribution in [0.2, 0.25) is 0 Å². The first-order chi connectivity index (χ1) is 11.2. The van der Waals surface area contributed by atoms with E-state index >= 15 is 0 Å². The average Bonchev–Trinajstić information content (AvgIpc) is 3.00. The van der Waals surface area contributed by atoms with Gasteiger partial charge in [0.2, 0.25) is 0 Å². The van der Waals surface area contributed by atoms with E-state index in [0.717, 1.165) is 31.3 Å². The number of fused-ring (bicyclic) bond motifs is 4. The zero-order valence-electron chi connectivity index (χ0n) is 13.1. The molecule has 0 saturated carbocycles. The summed E-state index contributed by atoms with van der Waals surface area (Å²) in [7, 11) is 0. The first kappa shape index (κ1) is 14.3. The van der Waals surface area contributed by atoms with Crippen LogP contribution in [0, 0.1) is 17.2 Å². The number of carbonyl (C=O) groups excluding carboxylic acids is 1. The lowest BCUT2D eigenvalue weighted by Gasteiger charge is -2.49. The first-order valence-electron chi connectivity index (χ1n) is 8.13. The Kier molecular flexibility index (Phi) is 3.35. The van der Waals surface area contributed by atoms with Crippen LogP contribution in [0.15, 0.2) is 28.9 Å². The summed E-state index contributed by atoms with van der Waals surface area (Å²) in [5, 5.41) is 13.0. The van der Waals surface area contributed by atoms with Gasteiger partial charge in [0, 0.05) is 23.0 Å². The van der Waals surface area contributed by atoms with Gasteiger partial charge in [-0.1, -0.05) is 0 Å². The highest BCUT2D eigenvalue weighted by Gasteiger charge is 2.40. The van der Waals surface area contributed by atoms with Crippen molar-refractivity contribution < 1.29 is 9.21 Å². The van der Waals surface area contributed by atoms with Gasteiger partial charge in [-0.2, -0.15) is 5.26 Å². The van der Waals surface area contributed by atoms with Gasteiger partial charge in [0.1, 0.15) is 17.9 Å². The minimum atomic E-state index is -0.0626. The van der Waals surface area contributed by atoms with Crippen LogP contribution in [0.4, 0.5) is 0 Å². The van der Waals surface area contributed by atoms with Gasteiger partial charge in [-0.25, -0.2) is 0 Å². The molecule has 3 fully saturated rings. The van der Waals surface area contributed by atoms with Gasteiger partial charge in [-0.05, 0) is 57.0 Å². The quantitative estimate of drug-likeness (QED) is 0.925. The molecule has 0 spiro atoms. The van der Waals surface area contributed by atoms with E-state index in [0.29, 0.717) is 28.7 Å². The summed E-state index contributed by atoms with van der Waals surface area (Å²) in [6.07, 6.45) is 3.76. The second-order valence-electron chi connectivity index (χ2n) is 6.59. The minimum Gasteiger partial charge on any atom is -0.463 e. The first-order valence-corrected chi connectivity index (χ1v) is 8.13. The van der Waals surface area contributed by atoms with Crippen molar-refractivity contribution in [1.29, 1.82) is 5.26 Å². The zero-order chi connectivity index (χ0) is 16.0. The largest absolute Gasteiger partial charge is 0.463 e. The topological polar surface area (TPSA) is 69.3 Å². The maximum absolute atomic E-state index is 12.6. The predicted molar refractivity (Wildman–Crippen MR) is 85.9 cm³/mol. The van der Waals surface area contributed by atoms with Gasteiger partial charge >= 0.3 is 0 Å². The van der Waals surface area contributed by atoms with E-state index in [1.807, 2.05) is 0 Å². The molecule has 5 rings (SSSR count). The van der Waals surface area contributed by atoms with E-state index in [-0.39, 0.29) is 11.9 Å². The molecular formula is C18H19N3O2. The maximum Gasteiger partial charge on any atom is 0.251 e. The molecule has 1 amide bonds. The van der Waals surface area contributed by atoms with Gasteiger partial charge in [-0.3, -0.25) is 9.69 Å². The van der Waals surface area contributed by atoms with E-state index in [2.05, 4.69) is 23.2 Å². The molecule has 0 aliphatic carbocycles. The van der Waals surface area contributed by atoms with Crippen molar-refractivity contribution in [3.8, 4) is 6.07 Å². The lowest BCUT2D eigenvalue weighted by molar-refractivity contribution is 0.0217. The third-order valence-corrected chi connectivity index (χ3v) is 5.43. The molecular weight excluding hydrogens is 290 g/mol. The molecule has 3 aliphatic heterocycles. The van der Waals surface area contributed by atoms with Crippen molar-refractivity contribution >= 4 is 16.9 Å². The molecule has 4 heterocycles. The van der Waals surface area contributed by atoms with Crippen molar-refractivity contribution in [2.75, 3.05) is 13.1 Å². The lowest BCUT2D eigenvalue weighted by Crippen LogP contribution is -2.62. The Labute approximate surface area is 134 Å². The smallest absolute Gasteiger partial charge is 0.251 e. The Morgan fingerprint density at radius 3 is 2.87 bits per heavy atom. The molecule has 23 heavy (non-hydrogen) atoms. The summed E-state index contributed by atoms with van der Waals surface area (Å²) in [5.41, 5.74) is 1.66. The molecule has 2 aromatic rings. The lowest BCUT2D eigenvalue weighted by atomic mass is 9.79. The third-order valence-electron chi connectivity index (χ3n) is 5.43. The van der Waals surface area contributed by atoms with Crippen LogP contribution in [-0.2, 0) is 0 Å². The van der Waals surface area contributed by atoms with Crippen molar-refractivity contribution in [3.63, 3.8) is 0 Å². The molecule has 2 unspecified atom stereocenters. The normalized spacial score (nSPS) is 29.4. The summed E-state index contributed by atoms with van der Waals surface area (Å²) in [5.74, 6) is 0.517. The number of amides is 1. The minimum absolute atomic E-state index is 0.0626. The predicted octanol–water partition coefficient (Wildman–Crippen LogP) is 2.52. The van der Waals surface area contributed by atoms with Crippen molar-refractivity contribution in [2.45, 2.75) is 31.8 Å². The molecule has 0 radical (unpaired) electrons. The molecule has 1 N–H and O–H groups in total. The monoisotopic (exact) mass is 309 g/mol. The van der Waals surface area contributed by atoms with Crippen LogP contribution in [0.3, 0.4) is 0 Å². The van der Waals surface area contributed by atoms with Crippen molar-refractivity contribution in [2.24, 2.45) is 5.92 Å². The average molecular weight is 309 g/mol. The Morgan fingerprint density at radius 2 is 2.17 bits per heavy atom. The highest BCUT2D eigenvalue weighted by molar-refractivity contribution is 5.98. The van der Waals surface area contributed by atoms with Gasteiger partial charge in [0.05, 0.1) is 5.56 Å². The number of nitriles is 1. The Balaban J connectivity index is 1.56. The van der Waals surface area contributed by atoms with Crippen molar-refractivity contribution in [1.82, 2.24) is 10.2 Å². The molecule has 2 atom stereocenters. The number of nitrogens with zero attached hydrogens (tertiary/aromatic N) is 2. The van der Waals surface area contributed by atoms with Gasteiger partial charge in [-0.15, -0.1) is 0 Å². The Hall–Kier alpha value is -2.32. The number of benzene rings is 1. The van der Waals surface area contributed by atoms with Gasteiger partial charge in [0.25, 0.3) is 5.91 Å². The molecule has 3 saturated heterocycles. The molecule has 2 bridgehead atoms. The molecule has 1 aromatic carbocycles. The number of furan rings is 1. The van der Waals surface area contributed by atoms with Gasteiger partial charge in [0.15, 0.2) is 0 Å². The third kappa shape index (κ3) is 2.30. The fourth-order valence-electron chi connectivity index (χ4n) is 4.04. The highest BCUT2D eigenvalue weighted by Crippen LogP contribution is 2.32. The Morgan fingerprint density at radius 1 is 1.39 bits per heavy atom. The van der Waals surface area contributed by atoms with Crippen LogP contribution in [-0.4, -0.2) is 36.0 Å². The number of rotatable bonds is 2. The number of hydrogen-bond donors (Lipinski definition) is 1. The SMILES string of the molecule is CC1C(NC(=O)c2ccc3c(C#N)coc3c2)C2CCN1CC2. The summed E-state index contributed by atoms with van der Waals surface area (Å²) >= 11 is 0. The van der Waals surface area contributed by atoms with Gasteiger partial charge < -0.3 is 9.73 Å². The van der Waals surface area contributed by atoms with Crippen molar-refractivity contribution in [3.05, 3.63) is 35.6 Å². The number of hydrogen-bond acceptors (Lipinski definition) is 4. The maximum atomic E-state index is 12.6. The standard InChI is InChI=1S/C18H19N3O2/c1-11-17(12-4-6-21(11)7-5-12)20-18(22)13-2-3-15-14(9-19)10-23-16(15)8-13/h2-3,8,10-12,17H,4-7H2,1H3,(H,20,22). The van der Waals surface area contributed by atoms with Crippen LogP contribution in [0.25, 0.3) is 11.0 Å². The molecule has 5 heteroatoms. The fraction of sp³-hybridized carbons (Fsp3) is 0.444. The summed E-state index contributed by atoms with van der Waals surface area (Å²) < 4.78 is 5.38. The van der Waals surface area contributed by atoms with Crippen LogP contribution in [0.1, 0.15) is 35.7 Å². The summed E-state index contributed by atoms with van der Waals surface area (Å²) in [6, 6.07) is 7.96. The number of carbonyl (C=O) groups is 1. The number of piperidine rings is 3. The second kappa shape index (κ2) is 5.39. The number of nitrogens with one attached hydrogen (secondary N) is 1. The fourth-order valence-corrected chi connectivity index (χ4v) is 4.04. The molecule has 5 nitrogen and oxygen atoms in total. The van der Waals surface area contributed by atoms with Crippen LogP contribution < -0.4 is 5.32 Å². The summed E-state index contributed by atoms with van der Waals surface area (Å²) in [4.78, 5) is 15.1. The van der Waals surface area contributed by atoms with Crippen LogP contribution >= 0.6 is 0 Å². The van der Waals surface area contributed by atoms with E-state index in [1.54, 1.807) is 18.2 Å². The van der Waals surface area contributed by atoms with Crippen LogP contribution in [0.5, 0.6) is 0 Å².